The summed E-state index contributed by atoms with van der Waals surface area (Å²) in [4.78, 5) is 20.3. The van der Waals surface area contributed by atoms with E-state index in [0.717, 1.165) is 11.3 Å². The van der Waals surface area contributed by atoms with Gasteiger partial charge in [-0.15, -0.1) is 0 Å². The van der Waals surface area contributed by atoms with E-state index in [1.807, 2.05) is 20.8 Å². The molecule has 24 heavy (non-hydrogen) atoms. The first kappa shape index (κ1) is 19.7. The van der Waals surface area contributed by atoms with Crippen LogP contribution in [0.15, 0.2) is 24.5 Å². The third kappa shape index (κ3) is 5.38. The number of nitrogens with zero attached hydrogens (tertiary/aromatic N) is 2. The molecule has 0 bridgehead atoms. The predicted octanol–water partition coefficient (Wildman–Crippen LogP) is 3.66. The van der Waals surface area contributed by atoms with Crippen LogP contribution in [-0.4, -0.2) is 30.1 Å². The van der Waals surface area contributed by atoms with Crippen LogP contribution in [0.2, 0.25) is 5.02 Å². The highest BCUT2D eigenvalue weighted by atomic mass is 35.5. The first-order valence-corrected chi connectivity index (χ1v) is 7.90. The zero-order valence-electron chi connectivity index (χ0n) is 14.5. The maximum absolute atomic E-state index is 12.1. The quantitative estimate of drug-likeness (QED) is 0.889. The summed E-state index contributed by atoms with van der Waals surface area (Å²) in [5.41, 5.74) is 1.52. The van der Waals surface area contributed by atoms with Crippen LogP contribution in [0.4, 0.5) is 5.82 Å². The molecule has 0 aromatic carbocycles. The summed E-state index contributed by atoms with van der Waals surface area (Å²) >= 11 is 5.89. The van der Waals surface area contributed by atoms with Crippen molar-refractivity contribution < 1.29 is 14.3 Å². The van der Waals surface area contributed by atoms with Crippen molar-refractivity contribution >= 4 is 23.3 Å². The van der Waals surface area contributed by atoms with Gasteiger partial charge >= 0.3 is 0 Å². The van der Waals surface area contributed by atoms with Gasteiger partial charge in [-0.05, 0) is 18.6 Å². The molecule has 0 aliphatic carbocycles. The summed E-state index contributed by atoms with van der Waals surface area (Å²) in [5, 5.41) is 3.07. The van der Waals surface area contributed by atoms with Crippen LogP contribution in [0.1, 0.15) is 25.1 Å². The van der Waals surface area contributed by atoms with E-state index < -0.39 is 0 Å². The van der Waals surface area contributed by atoms with Gasteiger partial charge < -0.3 is 14.8 Å². The van der Waals surface area contributed by atoms with E-state index in [-0.39, 0.29) is 12.3 Å². The van der Waals surface area contributed by atoms with Crippen LogP contribution in [0.3, 0.4) is 0 Å². The van der Waals surface area contributed by atoms with E-state index in [2.05, 4.69) is 15.3 Å². The van der Waals surface area contributed by atoms with E-state index in [0.29, 0.717) is 22.3 Å². The number of halogens is 1. The lowest BCUT2D eigenvalue weighted by Gasteiger charge is -2.09. The van der Waals surface area contributed by atoms with Crippen molar-refractivity contribution in [3.8, 4) is 11.5 Å². The molecule has 130 valence electrons. The second-order valence-corrected chi connectivity index (χ2v) is 4.97. The Labute approximate surface area is 147 Å². The van der Waals surface area contributed by atoms with E-state index in [1.54, 1.807) is 25.4 Å². The Morgan fingerprint density at radius 1 is 1.12 bits per heavy atom. The number of methoxy groups -OCH3 is 2. The smallest absolute Gasteiger partial charge is 0.230 e. The van der Waals surface area contributed by atoms with Gasteiger partial charge in [-0.3, -0.25) is 9.78 Å². The van der Waals surface area contributed by atoms with Gasteiger partial charge in [-0.25, -0.2) is 4.98 Å². The number of nitrogens with one attached hydrogen (secondary N) is 1. The van der Waals surface area contributed by atoms with Gasteiger partial charge in [0.05, 0.1) is 32.5 Å². The Kier molecular flexibility index (Phi) is 7.98. The molecule has 0 unspecified atom stereocenters. The number of rotatable bonds is 5. The van der Waals surface area contributed by atoms with Gasteiger partial charge in [0.2, 0.25) is 5.91 Å². The van der Waals surface area contributed by atoms with Crippen molar-refractivity contribution in [2.75, 3.05) is 19.5 Å². The fourth-order valence-corrected chi connectivity index (χ4v) is 2.05. The number of carbonyl (C=O) groups excluding carboxylic acids is 1. The van der Waals surface area contributed by atoms with Crippen LogP contribution < -0.4 is 14.8 Å². The molecule has 0 aliphatic heterocycles. The highest BCUT2D eigenvalue weighted by Gasteiger charge is 2.10. The number of carbonyl (C=O) groups is 1. The molecule has 7 heteroatoms. The number of pyridine rings is 2. The minimum absolute atomic E-state index is 0.163. The molecular weight excluding hydrogens is 330 g/mol. The molecule has 2 aromatic rings. The molecule has 0 radical (unpaired) electrons. The number of anilines is 1. The van der Waals surface area contributed by atoms with Crippen molar-refractivity contribution in [1.29, 1.82) is 0 Å². The van der Waals surface area contributed by atoms with Gasteiger partial charge in [0.15, 0.2) is 0 Å². The largest absolute Gasteiger partial charge is 0.495 e. The molecule has 6 nitrogen and oxygen atoms in total. The van der Waals surface area contributed by atoms with Crippen LogP contribution >= 0.6 is 11.6 Å². The average Bonchev–Trinajstić information content (AvgIpc) is 2.60. The number of hydrogen-bond acceptors (Lipinski definition) is 5. The van der Waals surface area contributed by atoms with Crippen molar-refractivity contribution in [3.63, 3.8) is 0 Å². The van der Waals surface area contributed by atoms with E-state index >= 15 is 0 Å². The molecule has 2 heterocycles. The minimum atomic E-state index is -0.218. The number of hydrogen-bond donors (Lipinski definition) is 1. The normalized spacial score (nSPS) is 9.58. The maximum atomic E-state index is 12.1. The summed E-state index contributed by atoms with van der Waals surface area (Å²) in [7, 11) is 3.06. The molecule has 0 saturated heterocycles. The average molecular weight is 352 g/mol. The summed E-state index contributed by atoms with van der Waals surface area (Å²) in [5.74, 6) is 1.25. The van der Waals surface area contributed by atoms with Gasteiger partial charge in [0.1, 0.15) is 22.3 Å². The Balaban J connectivity index is 0.00000139. The number of amides is 1. The first-order valence-electron chi connectivity index (χ1n) is 7.52. The lowest BCUT2D eigenvalue weighted by Crippen LogP contribution is -2.15. The van der Waals surface area contributed by atoms with Gasteiger partial charge in [-0.2, -0.15) is 0 Å². The van der Waals surface area contributed by atoms with Crippen molar-refractivity contribution in [3.05, 3.63) is 40.8 Å². The SMILES string of the molecule is CC.COc1cc(NC(=O)Cc2cnc(C)c(OC)c2)ncc1Cl. The lowest BCUT2D eigenvalue weighted by atomic mass is 10.2. The van der Waals surface area contributed by atoms with Crippen LogP contribution in [0, 0.1) is 6.92 Å². The summed E-state index contributed by atoms with van der Waals surface area (Å²) in [6.45, 7) is 5.84. The second kappa shape index (κ2) is 9.72. The molecule has 0 fully saturated rings. The zero-order valence-corrected chi connectivity index (χ0v) is 15.3. The molecule has 1 N–H and O–H groups in total. The van der Waals surface area contributed by atoms with E-state index in [1.165, 1.54) is 13.3 Å². The third-order valence-corrected chi connectivity index (χ3v) is 3.27. The highest BCUT2D eigenvalue weighted by molar-refractivity contribution is 6.32. The number of ether oxygens (including phenoxy) is 2. The summed E-state index contributed by atoms with van der Waals surface area (Å²) in [6.07, 6.45) is 3.23. The Bertz CT molecular complexity index is 635. The van der Waals surface area contributed by atoms with Crippen molar-refractivity contribution in [2.45, 2.75) is 27.2 Å². The monoisotopic (exact) mass is 351 g/mol. The Morgan fingerprint density at radius 3 is 2.42 bits per heavy atom. The molecule has 2 rings (SSSR count). The molecule has 1 amide bonds. The van der Waals surface area contributed by atoms with Gasteiger partial charge in [0, 0.05) is 12.3 Å². The molecular formula is C17H22ClN3O3. The molecule has 0 spiro atoms. The summed E-state index contributed by atoms with van der Waals surface area (Å²) < 4.78 is 10.3. The summed E-state index contributed by atoms with van der Waals surface area (Å²) in [6, 6.07) is 3.35. The molecule has 2 aromatic heterocycles. The van der Waals surface area contributed by atoms with Gasteiger partial charge in [-0.1, -0.05) is 25.4 Å². The topological polar surface area (TPSA) is 73.3 Å². The third-order valence-electron chi connectivity index (χ3n) is 2.99. The minimum Gasteiger partial charge on any atom is -0.495 e. The Hall–Kier alpha value is -2.34. The maximum Gasteiger partial charge on any atom is 0.230 e. The Morgan fingerprint density at radius 2 is 1.79 bits per heavy atom. The van der Waals surface area contributed by atoms with Gasteiger partial charge in [0.25, 0.3) is 0 Å². The van der Waals surface area contributed by atoms with E-state index in [4.69, 9.17) is 21.1 Å². The molecule has 0 aliphatic rings. The lowest BCUT2D eigenvalue weighted by molar-refractivity contribution is -0.115. The first-order chi connectivity index (χ1) is 11.5. The number of aromatic nitrogens is 2. The predicted molar refractivity (Wildman–Crippen MR) is 95.0 cm³/mol. The molecule has 0 saturated carbocycles. The van der Waals surface area contributed by atoms with Crippen LogP contribution in [-0.2, 0) is 11.2 Å². The van der Waals surface area contributed by atoms with Crippen LogP contribution in [0.25, 0.3) is 0 Å². The fraction of sp³-hybridized carbons (Fsp3) is 0.353. The second-order valence-electron chi connectivity index (χ2n) is 4.56. The van der Waals surface area contributed by atoms with Crippen molar-refractivity contribution in [1.82, 2.24) is 9.97 Å². The zero-order chi connectivity index (χ0) is 18.1. The fourth-order valence-electron chi connectivity index (χ4n) is 1.87. The van der Waals surface area contributed by atoms with Crippen LogP contribution in [0.5, 0.6) is 11.5 Å². The van der Waals surface area contributed by atoms with E-state index in [9.17, 15) is 4.79 Å². The standard InChI is InChI=1S/C15H16ClN3O3.C2H6/c1-9-12(21-2)4-10(7-17-9)5-15(20)19-14-6-13(22-3)11(16)8-18-14;1-2/h4,6-8H,5H2,1-3H3,(H,18,19,20);1-2H3. The molecule has 0 atom stereocenters. The number of aryl methyl sites for hydroxylation is 1. The highest BCUT2D eigenvalue weighted by Crippen LogP contribution is 2.25. The van der Waals surface area contributed by atoms with Crippen molar-refractivity contribution in [2.24, 2.45) is 0 Å².